The zero-order valence-corrected chi connectivity index (χ0v) is 16.1. The van der Waals surface area contributed by atoms with E-state index >= 15 is 0 Å². The van der Waals surface area contributed by atoms with E-state index in [0.717, 1.165) is 55.9 Å². The molecule has 25 heavy (non-hydrogen) atoms. The molecule has 4 fully saturated rings. The maximum Gasteiger partial charge on any atom is 0.172 e. The highest BCUT2D eigenvalue weighted by atomic mass is 16.7. The number of ether oxygens (including phenoxy) is 2. The third-order valence-electron chi connectivity index (χ3n) is 9.07. The SMILES string of the molecule is CC1=C2CC3(CCC2(C)C2CCC4(C)C(=N)CCC4C2C1)OCCO3. The van der Waals surface area contributed by atoms with E-state index in [0.29, 0.717) is 5.41 Å². The standard InChI is InChI=1S/C22H33NO2/c1-14-12-15-16-4-5-19(23)21(16,3)7-6-17(15)20(2)8-9-22(13-18(14)20)24-10-11-25-22/h15-17,23H,4-13H2,1-3H3. The molecule has 1 heterocycles. The molecule has 0 radical (unpaired) electrons. The molecule has 5 aliphatic rings. The Bertz CT molecular complexity index is 646. The molecule has 5 rings (SSSR count). The zero-order chi connectivity index (χ0) is 17.4. The number of hydrogen-bond donors (Lipinski definition) is 1. The Morgan fingerprint density at radius 2 is 1.68 bits per heavy atom. The molecule has 0 aromatic carbocycles. The van der Waals surface area contributed by atoms with E-state index in [9.17, 15) is 0 Å². The van der Waals surface area contributed by atoms with Crippen LogP contribution in [0.25, 0.3) is 0 Å². The fourth-order valence-corrected chi connectivity index (χ4v) is 7.60. The van der Waals surface area contributed by atoms with Crippen LogP contribution >= 0.6 is 0 Å². The van der Waals surface area contributed by atoms with Crippen molar-refractivity contribution in [2.24, 2.45) is 28.6 Å². The fourth-order valence-electron chi connectivity index (χ4n) is 7.60. The van der Waals surface area contributed by atoms with Gasteiger partial charge in [0.25, 0.3) is 0 Å². The molecule has 4 aliphatic carbocycles. The first-order chi connectivity index (χ1) is 11.9. The van der Waals surface area contributed by atoms with Crippen LogP contribution in [-0.2, 0) is 9.47 Å². The van der Waals surface area contributed by atoms with Crippen molar-refractivity contribution in [1.29, 1.82) is 5.41 Å². The van der Waals surface area contributed by atoms with Gasteiger partial charge in [0.15, 0.2) is 5.79 Å². The molecule has 0 amide bonds. The first-order valence-electron chi connectivity index (χ1n) is 10.4. The summed E-state index contributed by atoms with van der Waals surface area (Å²) in [6.45, 7) is 8.85. The number of allylic oxidation sites excluding steroid dienone is 1. The molecule has 5 unspecified atom stereocenters. The van der Waals surface area contributed by atoms with Gasteiger partial charge in [0.05, 0.1) is 13.2 Å². The predicted octanol–water partition coefficient (Wildman–Crippen LogP) is 5.10. The van der Waals surface area contributed by atoms with Crippen LogP contribution in [-0.4, -0.2) is 24.7 Å². The number of nitrogens with one attached hydrogen (secondary N) is 1. The Hall–Kier alpha value is -0.670. The minimum atomic E-state index is -0.304. The molecule has 1 aliphatic heterocycles. The lowest BCUT2D eigenvalue weighted by Crippen LogP contribution is -2.53. The Labute approximate surface area is 152 Å². The van der Waals surface area contributed by atoms with Crippen molar-refractivity contribution >= 4 is 5.71 Å². The van der Waals surface area contributed by atoms with Gasteiger partial charge in [-0.1, -0.05) is 25.0 Å². The van der Waals surface area contributed by atoms with Crippen LogP contribution in [0.4, 0.5) is 0 Å². The summed E-state index contributed by atoms with van der Waals surface area (Å²) in [7, 11) is 0. The third kappa shape index (κ3) is 2.09. The molecule has 0 bridgehead atoms. The summed E-state index contributed by atoms with van der Waals surface area (Å²) in [5.74, 6) is 2.02. The molecule has 5 atom stereocenters. The summed E-state index contributed by atoms with van der Waals surface area (Å²) >= 11 is 0. The first-order valence-corrected chi connectivity index (χ1v) is 10.4. The van der Waals surface area contributed by atoms with E-state index in [1.54, 1.807) is 11.1 Å². The summed E-state index contributed by atoms with van der Waals surface area (Å²) in [4.78, 5) is 0. The van der Waals surface area contributed by atoms with Crippen molar-refractivity contribution in [3.63, 3.8) is 0 Å². The minimum absolute atomic E-state index is 0.197. The first kappa shape index (κ1) is 16.5. The highest BCUT2D eigenvalue weighted by Crippen LogP contribution is 2.66. The van der Waals surface area contributed by atoms with Gasteiger partial charge in [0, 0.05) is 24.0 Å². The van der Waals surface area contributed by atoms with Gasteiger partial charge >= 0.3 is 0 Å². The Balaban J connectivity index is 1.52. The number of hydrogen-bond acceptors (Lipinski definition) is 3. The van der Waals surface area contributed by atoms with Gasteiger partial charge < -0.3 is 14.9 Å². The van der Waals surface area contributed by atoms with Gasteiger partial charge in [-0.3, -0.25) is 0 Å². The van der Waals surface area contributed by atoms with Gasteiger partial charge in [-0.25, -0.2) is 0 Å². The molecule has 1 saturated heterocycles. The van der Waals surface area contributed by atoms with Crippen molar-refractivity contribution < 1.29 is 9.47 Å². The second-order valence-electron chi connectivity index (χ2n) is 10.0. The van der Waals surface area contributed by atoms with Crippen molar-refractivity contribution in [2.75, 3.05) is 13.2 Å². The van der Waals surface area contributed by atoms with Gasteiger partial charge in [0.1, 0.15) is 0 Å². The van der Waals surface area contributed by atoms with E-state index < -0.39 is 0 Å². The molecular weight excluding hydrogens is 310 g/mol. The molecule has 3 nitrogen and oxygen atoms in total. The third-order valence-corrected chi connectivity index (χ3v) is 9.07. The largest absolute Gasteiger partial charge is 0.347 e. The monoisotopic (exact) mass is 343 g/mol. The summed E-state index contributed by atoms with van der Waals surface area (Å²) < 4.78 is 12.1. The normalized spacial score (nSPS) is 48.4. The predicted molar refractivity (Wildman–Crippen MR) is 98.7 cm³/mol. The van der Waals surface area contributed by atoms with Crippen molar-refractivity contribution in [2.45, 2.75) is 77.9 Å². The molecule has 1 spiro atoms. The van der Waals surface area contributed by atoms with Gasteiger partial charge in [0.2, 0.25) is 0 Å². The quantitative estimate of drug-likeness (QED) is 0.622. The Kier molecular flexibility index (Phi) is 3.43. The number of rotatable bonds is 0. The van der Waals surface area contributed by atoms with E-state index in [-0.39, 0.29) is 11.2 Å². The molecule has 0 aromatic heterocycles. The smallest absolute Gasteiger partial charge is 0.172 e. The highest BCUT2D eigenvalue weighted by molar-refractivity contribution is 5.89. The van der Waals surface area contributed by atoms with Crippen LogP contribution in [0.2, 0.25) is 0 Å². The van der Waals surface area contributed by atoms with Crippen LogP contribution in [0.15, 0.2) is 11.1 Å². The molecule has 3 heteroatoms. The Morgan fingerprint density at radius 1 is 0.960 bits per heavy atom. The van der Waals surface area contributed by atoms with Gasteiger partial charge in [-0.15, -0.1) is 0 Å². The summed E-state index contributed by atoms with van der Waals surface area (Å²) in [6.07, 6.45) is 9.35. The van der Waals surface area contributed by atoms with E-state index in [4.69, 9.17) is 14.9 Å². The average Bonchev–Trinajstić information content (AvgIpc) is 3.15. The van der Waals surface area contributed by atoms with Crippen molar-refractivity contribution in [3.05, 3.63) is 11.1 Å². The molecule has 138 valence electrons. The molecule has 0 aromatic rings. The maximum atomic E-state index is 8.52. The Morgan fingerprint density at radius 3 is 2.44 bits per heavy atom. The minimum Gasteiger partial charge on any atom is -0.347 e. The second kappa shape index (κ2) is 5.19. The van der Waals surface area contributed by atoms with Gasteiger partial charge in [-0.05, 0) is 68.6 Å². The zero-order valence-electron chi connectivity index (χ0n) is 16.1. The molecular formula is C22H33NO2. The van der Waals surface area contributed by atoms with E-state index in [1.165, 1.54) is 32.1 Å². The second-order valence-corrected chi connectivity index (χ2v) is 10.0. The maximum absolute atomic E-state index is 8.52. The highest BCUT2D eigenvalue weighted by Gasteiger charge is 2.60. The van der Waals surface area contributed by atoms with Crippen LogP contribution in [0.5, 0.6) is 0 Å². The van der Waals surface area contributed by atoms with Crippen LogP contribution in [0.3, 0.4) is 0 Å². The molecule has 3 saturated carbocycles. The van der Waals surface area contributed by atoms with E-state index in [1.807, 2.05) is 0 Å². The van der Waals surface area contributed by atoms with Crippen LogP contribution < -0.4 is 0 Å². The van der Waals surface area contributed by atoms with Crippen LogP contribution in [0.1, 0.15) is 72.1 Å². The average molecular weight is 344 g/mol. The fraction of sp³-hybridized carbons (Fsp3) is 0.864. The lowest BCUT2D eigenvalue weighted by atomic mass is 9.46. The summed E-state index contributed by atoms with van der Waals surface area (Å²) in [5, 5.41) is 8.52. The van der Waals surface area contributed by atoms with Crippen LogP contribution in [0, 0.1) is 34.0 Å². The summed E-state index contributed by atoms with van der Waals surface area (Å²) in [5.41, 5.74) is 4.86. The van der Waals surface area contributed by atoms with Crippen molar-refractivity contribution in [1.82, 2.24) is 0 Å². The lowest BCUT2D eigenvalue weighted by molar-refractivity contribution is -0.185. The number of fused-ring (bicyclic) bond motifs is 5. The van der Waals surface area contributed by atoms with Gasteiger partial charge in [-0.2, -0.15) is 0 Å². The topological polar surface area (TPSA) is 42.3 Å². The molecule has 1 N–H and O–H groups in total. The summed E-state index contributed by atoms with van der Waals surface area (Å²) in [6, 6.07) is 0. The lowest BCUT2D eigenvalue weighted by Gasteiger charge is -2.59. The van der Waals surface area contributed by atoms with Crippen molar-refractivity contribution in [3.8, 4) is 0 Å². The van der Waals surface area contributed by atoms with E-state index in [2.05, 4.69) is 20.8 Å².